The number of halogens is 2. The van der Waals surface area contributed by atoms with Gasteiger partial charge in [-0.05, 0) is 120 Å². The maximum Gasteiger partial charge on any atom is 0.219 e. The standard InChI is InChI=1S/C26H41BrN2O2.ClH/c1-4-29(20(2)30)24-9-7-21(8-10-24)6-5-15-28-16-13-22(14-17-28)18-23-19-25(31-3)11-12-26(23)27;/h11-12,19,21-22,24H,4-10,13-18H2,1-3H3;1H/t21-,24+;. The molecule has 1 aromatic rings. The van der Waals surface area contributed by atoms with E-state index >= 15 is 0 Å². The van der Waals surface area contributed by atoms with Crippen LogP contribution >= 0.6 is 28.3 Å². The molecular weight excluding hydrogens is 488 g/mol. The lowest BCUT2D eigenvalue weighted by Gasteiger charge is -2.36. The minimum Gasteiger partial charge on any atom is -0.497 e. The zero-order valence-electron chi connectivity index (χ0n) is 20.2. The topological polar surface area (TPSA) is 32.8 Å². The van der Waals surface area contributed by atoms with Gasteiger partial charge in [-0.2, -0.15) is 0 Å². The van der Waals surface area contributed by atoms with Crippen molar-refractivity contribution in [2.45, 2.75) is 77.7 Å². The second kappa shape index (κ2) is 13.8. The summed E-state index contributed by atoms with van der Waals surface area (Å²) in [5, 5.41) is 0. The number of methoxy groups -OCH3 is 1. The number of likely N-dealkylation sites (tertiary alicyclic amines) is 1. The van der Waals surface area contributed by atoms with Crippen molar-refractivity contribution in [3.8, 4) is 5.75 Å². The fraction of sp³-hybridized carbons (Fsp3) is 0.731. The molecule has 1 amide bonds. The van der Waals surface area contributed by atoms with Gasteiger partial charge in [-0.3, -0.25) is 4.79 Å². The quantitative estimate of drug-likeness (QED) is 0.374. The van der Waals surface area contributed by atoms with E-state index in [1.54, 1.807) is 14.0 Å². The lowest BCUT2D eigenvalue weighted by molar-refractivity contribution is -0.131. The van der Waals surface area contributed by atoms with Crippen LogP contribution < -0.4 is 4.74 Å². The van der Waals surface area contributed by atoms with Crippen molar-refractivity contribution in [2.24, 2.45) is 11.8 Å². The van der Waals surface area contributed by atoms with Gasteiger partial charge in [0, 0.05) is 24.0 Å². The molecule has 1 heterocycles. The third-order valence-electron chi connectivity index (χ3n) is 7.56. The minimum atomic E-state index is 0. The molecule has 0 aromatic heterocycles. The first-order chi connectivity index (χ1) is 15.0. The predicted molar refractivity (Wildman–Crippen MR) is 139 cm³/mol. The Morgan fingerprint density at radius 3 is 2.41 bits per heavy atom. The van der Waals surface area contributed by atoms with Crippen LogP contribution in [0.15, 0.2) is 22.7 Å². The second-order valence-electron chi connectivity index (χ2n) is 9.57. The maximum atomic E-state index is 11.8. The summed E-state index contributed by atoms with van der Waals surface area (Å²) in [6, 6.07) is 6.80. The van der Waals surface area contributed by atoms with Crippen LogP contribution in [-0.4, -0.2) is 55.0 Å². The van der Waals surface area contributed by atoms with Crippen LogP contribution in [0.25, 0.3) is 0 Å². The Hall–Kier alpha value is -0.780. The highest BCUT2D eigenvalue weighted by atomic mass is 79.9. The number of nitrogens with zero attached hydrogens (tertiary/aromatic N) is 2. The van der Waals surface area contributed by atoms with E-state index in [1.165, 1.54) is 81.0 Å². The molecular formula is C26H42BrClN2O2. The van der Waals surface area contributed by atoms with E-state index < -0.39 is 0 Å². The number of hydrogen-bond acceptors (Lipinski definition) is 3. The predicted octanol–water partition coefficient (Wildman–Crippen LogP) is 6.34. The smallest absolute Gasteiger partial charge is 0.219 e. The van der Waals surface area contributed by atoms with E-state index in [4.69, 9.17) is 4.74 Å². The summed E-state index contributed by atoms with van der Waals surface area (Å²) < 4.78 is 6.60. The lowest BCUT2D eigenvalue weighted by atomic mass is 9.82. The Balaban J connectivity index is 0.00000363. The Kier molecular flexibility index (Phi) is 11.9. The second-order valence-corrected chi connectivity index (χ2v) is 10.4. The molecule has 0 radical (unpaired) electrons. The molecule has 1 aromatic carbocycles. The molecule has 1 saturated carbocycles. The van der Waals surface area contributed by atoms with E-state index in [1.807, 2.05) is 6.07 Å². The highest BCUT2D eigenvalue weighted by Crippen LogP contribution is 2.32. The van der Waals surface area contributed by atoms with Gasteiger partial charge in [0.25, 0.3) is 0 Å². The molecule has 182 valence electrons. The molecule has 2 fully saturated rings. The number of carbonyl (C=O) groups is 1. The summed E-state index contributed by atoms with van der Waals surface area (Å²) in [4.78, 5) is 16.5. The number of ether oxygens (including phenoxy) is 1. The van der Waals surface area contributed by atoms with E-state index in [2.05, 4.69) is 44.8 Å². The van der Waals surface area contributed by atoms with Crippen LogP contribution in [0, 0.1) is 11.8 Å². The lowest BCUT2D eigenvalue weighted by Crippen LogP contribution is -2.41. The van der Waals surface area contributed by atoms with Crippen LogP contribution in [0.2, 0.25) is 0 Å². The van der Waals surface area contributed by atoms with Crippen molar-refractivity contribution in [2.75, 3.05) is 33.3 Å². The molecule has 3 rings (SSSR count). The van der Waals surface area contributed by atoms with Crippen molar-refractivity contribution >= 4 is 34.2 Å². The molecule has 4 nitrogen and oxygen atoms in total. The molecule has 2 aliphatic rings. The third-order valence-corrected chi connectivity index (χ3v) is 8.33. The fourth-order valence-corrected chi connectivity index (χ4v) is 6.05. The fourth-order valence-electron chi connectivity index (χ4n) is 5.65. The van der Waals surface area contributed by atoms with E-state index in [0.29, 0.717) is 6.04 Å². The number of carbonyl (C=O) groups excluding carboxylic acids is 1. The average Bonchev–Trinajstić information content (AvgIpc) is 2.78. The molecule has 1 saturated heterocycles. The molecule has 1 aliphatic heterocycles. The summed E-state index contributed by atoms with van der Waals surface area (Å²) in [6.07, 6.45) is 11.4. The number of amides is 1. The maximum absolute atomic E-state index is 11.8. The van der Waals surface area contributed by atoms with Crippen molar-refractivity contribution < 1.29 is 9.53 Å². The van der Waals surface area contributed by atoms with Crippen LogP contribution in [0.3, 0.4) is 0 Å². The summed E-state index contributed by atoms with van der Waals surface area (Å²) in [6.45, 7) is 8.41. The van der Waals surface area contributed by atoms with E-state index in [9.17, 15) is 4.79 Å². The highest BCUT2D eigenvalue weighted by Gasteiger charge is 2.26. The van der Waals surface area contributed by atoms with E-state index in [0.717, 1.165) is 30.6 Å². The van der Waals surface area contributed by atoms with Gasteiger partial charge in [0.1, 0.15) is 5.75 Å². The van der Waals surface area contributed by atoms with Gasteiger partial charge >= 0.3 is 0 Å². The van der Waals surface area contributed by atoms with Gasteiger partial charge in [-0.25, -0.2) is 0 Å². The van der Waals surface area contributed by atoms with Crippen molar-refractivity contribution in [3.05, 3.63) is 28.2 Å². The highest BCUT2D eigenvalue weighted by molar-refractivity contribution is 9.10. The molecule has 1 aliphatic carbocycles. The van der Waals surface area contributed by atoms with E-state index in [-0.39, 0.29) is 18.3 Å². The molecule has 0 unspecified atom stereocenters. The first-order valence-electron chi connectivity index (χ1n) is 12.3. The first-order valence-corrected chi connectivity index (χ1v) is 13.1. The number of hydrogen-bond donors (Lipinski definition) is 0. The minimum absolute atomic E-state index is 0. The number of rotatable bonds is 9. The summed E-state index contributed by atoms with van der Waals surface area (Å²) in [5.74, 6) is 2.84. The first kappa shape index (κ1) is 27.5. The Labute approximate surface area is 210 Å². The van der Waals surface area contributed by atoms with Gasteiger partial charge in [-0.1, -0.05) is 15.9 Å². The number of benzene rings is 1. The molecule has 0 spiro atoms. The van der Waals surface area contributed by atoms with Gasteiger partial charge in [0.2, 0.25) is 5.91 Å². The largest absolute Gasteiger partial charge is 0.497 e. The van der Waals surface area contributed by atoms with Gasteiger partial charge in [-0.15, -0.1) is 12.4 Å². The summed E-state index contributed by atoms with van der Waals surface area (Å²) in [7, 11) is 1.74. The van der Waals surface area contributed by atoms with Crippen LogP contribution in [-0.2, 0) is 11.2 Å². The third kappa shape index (κ3) is 7.92. The number of piperidine rings is 1. The normalized spacial score (nSPS) is 22.2. The summed E-state index contributed by atoms with van der Waals surface area (Å²) >= 11 is 3.71. The Morgan fingerprint density at radius 2 is 1.81 bits per heavy atom. The average molecular weight is 530 g/mol. The summed E-state index contributed by atoms with van der Waals surface area (Å²) in [5.41, 5.74) is 1.37. The zero-order chi connectivity index (χ0) is 22.2. The Bertz CT molecular complexity index is 701. The van der Waals surface area contributed by atoms with Crippen molar-refractivity contribution in [3.63, 3.8) is 0 Å². The van der Waals surface area contributed by atoms with Crippen molar-refractivity contribution in [1.82, 2.24) is 9.80 Å². The monoisotopic (exact) mass is 528 g/mol. The molecule has 6 heteroatoms. The van der Waals surface area contributed by atoms with Gasteiger partial charge in [0.05, 0.1) is 7.11 Å². The molecule has 32 heavy (non-hydrogen) atoms. The van der Waals surface area contributed by atoms with Crippen LogP contribution in [0.4, 0.5) is 0 Å². The van der Waals surface area contributed by atoms with Gasteiger partial charge < -0.3 is 14.5 Å². The van der Waals surface area contributed by atoms with Crippen molar-refractivity contribution in [1.29, 1.82) is 0 Å². The zero-order valence-corrected chi connectivity index (χ0v) is 22.6. The molecule has 0 N–H and O–H groups in total. The SMILES string of the molecule is CCN(C(C)=O)[C@H]1CC[C@@H](CCCN2CCC(Cc3cc(OC)ccc3Br)CC2)CC1.Cl. The molecule has 0 atom stereocenters. The van der Waals surface area contributed by atoms with Crippen LogP contribution in [0.1, 0.15) is 70.8 Å². The van der Waals surface area contributed by atoms with Crippen LogP contribution in [0.5, 0.6) is 5.75 Å². The molecule has 0 bridgehead atoms. The Morgan fingerprint density at radius 1 is 1.12 bits per heavy atom. The van der Waals surface area contributed by atoms with Gasteiger partial charge in [0.15, 0.2) is 0 Å².